The van der Waals surface area contributed by atoms with Crippen molar-refractivity contribution in [1.29, 1.82) is 0 Å². The summed E-state index contributed by atoms with van der Waals surface area (Å²) in [5.74, 6) is 0.551. The van der Waals surface area contributed by atoms with E-state index < -0.39 is 15.5 Å². The van der Waals surface area contributed by atoms with Crippen molar-refractivity contribution in [3.63, 3.8) is 0 Å². The van der Waals surface area contributed by atoms with Crippen molar-refractivity contribution in [1.82, 2.24) is 14.2 Å². The van der Waals surface area contributed by atoms with Crippen LogP contribution in [0.15, 0.2) is 40.2 Å². The molecule has 2 heterocycles. The minimum Gasteiger partial charge on any atom is -0.491 e. The number of ether oxygens (including phenoxy) is 2. The molecule has 1 aromatic heterocycles. The molecule has 2 aliphatic rings. The van der Waals surface area contributed by atoms with Gasteiger partial charge >= 0.3 is 0 Å². The number of fused-ring (bicyclic) bond motifs is 4. The van der Waals surface area contributed by atoms with E-state index in [0.717, 1.165) is 47.4 Å². The first-order chi connectivity index (χ1) is 19.1. The van der Waals surface area contributed by atoms with E-state index in [-0.39, 0.29) is 5.78 Å². The van der Waals surface area contributed by atoms with E-state index in [1.807, 2.05) is 34.6 Å². The second-order valence-corrected chi connectivity index (χ2v) is 14.0. The molecule has 0 spiro atoms. The first-order valence-corrected chi connectivity index (χ1v) is 16.3. The Morgan fingerprint density at radius 1 is 1.18 bits per heavy atom. The molecule has 1 fully saturated rings. The lowest BCUT2D eigenvalue weighted by atomic mass is 9.71. The summed E-state index contributed by atoms with van der Waals surface area (Å²) in [6.07, 6.45) is 3.60. The summed E-state index contributed by atoms with van der Waals surface area (Å²) in [5, 5.41) is 0.890. The Hall–Kier alpha value is -2.85. The minimum atomic E-state index is -3.04. The largest absolute Gasteiger partial charge is 0.491 e. The quantitative estimate of drug-likeness (QED) is 0.301. The van der Waals surface area contributed by atoms with E-state index in [4.69, 9.17) is 9.47 Å². The van der Waals surface area contributed by atoms with Crippen molar-refractivity contribution in [3.8, 4) is 5.75 Å². The molecule has 5 rings (SSSR count). The normalized spacial score (nSPS) is 17.9. The summed E-state index contributed by atoms with van der Waals surface area (Å²) in [4.78, 5) is 24.8. The van der Waals surface area contributed by atoms with Crippen LogP contribution in [0.25, 0.3) is 10.9 Å². The minimum absolute atomic E-state index is 0.0506. The number of morpholine rings is 1. The van der Waals surface area contributed by atoms with Gasteiger partial charge in [-0.3, -0.25) is 14.0 Å². The van der Waals surface area contributed by atoms with Gasteiger partial charge in [-0.15, -0.1) is 0 Å². The number of ketones is 1. The Balaban J connectivity index is 1.64. The number of aromatic nitrogens is 1. The summed E-state index contributed by atoms with van der Waals surface area (Å²) >= 11 is 0. The van der Waals surface area contributed by atoms with Gasteiger partial charge in [0.05, 0.1) is 23.7 Å². The number of carbonyl (C=O) groups is 1. The van der Waals surface area contributed by atoms with Gasteiger partial charge in [0.25, 0.3) is 0 Å². The number of benzene rings is 2. The molecular formula is C31H42N4O4S. The number of rotatable bonds is 9. The van der Waals surface area contributed by atoms with Crippen molar-refractivity contribution in [2.75, 3.05) is 65.8 Å². The maximum absolute atomic E-state index is 14.5. The van der Waals surface area contributed by atoms with Gasteiger partial charge in [-0.1, -0.05) is 39.8 Å². The van der Waals surface area contributed by atoms with Crippen molar-refractivity contribution in [2.24, 2.45) is 4.99 Å². The molecule has 2 aromatic carbocycles. The van der Waals surface area contributed by atoms with Crippen LogP contribution in [0.4, 0.5) is 0 Å². The highest BCUT2D eigenvalue weighted by molar-refractivity contribution is 8.00. The Morgan fingerprint density at radius 2 is 1.90 bits per heavy atom. The lowest BCUT2D eigenvalue weighted by Gasteiger charge is -2.39. The van der Waals surface area contributed by atoms with Crippen molar-refractivity contribution >= 4 is 33.0 Å². The first-order valence-electron chi connectivity index (χ1n) is 14.2. The van der Waals surface area contributed by atoms with E-state index in [0.29, 0.717) is 54.7 Å². The van der Waals surface area contributed by atoms with E-state index in [9.17, 15) is 9.00 Å². The molecule has 40 heavy (non-hydrogen) atoms. The molecule has 1 saturated heterocycles. The summed E-state index contributed by atoms with van der Waals surface area (Å²) < 4.78 is 28.5. The van der Waals surface area contributed by atoms with Crippen LogP contribution in [0.3, 0.4) is 0 Å². The Kier molecular flexibility index (Phi) is 8.03. The number of thiol groups is 1. The van der Waals surface area contributed by atoms with Crippen LogP contribution in [-0.2, 0) is 20.3 Å². The highest BCUT2D eigenvalue weighted by Crippen LogP contribution is 2.47. The third-order valence-electron chi connectivity index (χ3n) is 8.50. The summed E-state index contributed by atoms with van der Waals surface area (Å²) in [6.45, 7) is 13.9. The number of aliphatic imine (C=N–C) groups is 1. The number of hydrogen-bond donors (Lipinski definition) is 2. The van der Waals surface area contributed by atoms with Crippen LogP contribution in [0.2, 0.25) is 0 Å². The number of carbonyl (C=O) groups excluding carboxylic acids is 1. The van der Waals surface area contributed by atoms with Crippen LogP contribution >= 0.6 is 0 Å². The van der Waals surface area contributed by atoms with Crippen molar-refractivity contribution < 1.29 is 18.5 Å². The van der Waals surface area contributed by atoms with Crippen LogP contribution in [-0.4, -0.2) is 96.2 Å². The fourth-order valence-corrected chi connectivity index (χ4v) is 8.18. The predicted molar refractivity (Wildman–Crippen MR) is 163 cm³/mol. The second-order valence-electron chi connectivity index (χ2n) is 11.2. The summed E-state index contributed by atoms with van der Waals surface area (Å²) in [7, 11) is -1.30. The highest BCUT2D eigenvalue weighted by Gasteiger charge is 2.41. The van der Waals surface area contributed by atoms with Crippen LogP contribution < -0.4 is 4.74 Å². The molecule has 1 aliphatic carbocycles. The van der Waals surface area contributed by atoms with Gasteiger partial charge in [0.2, 0.25) is 0 Å². The molecule has 0 amide bonds. The Bertz CT molecular complexity index is 1500. The Labute approximate surface area is 238 Å². The number of nitrogens with one attached hydrogen (secondary N) is 1. The molecule has 0 unspecified atom stereocenters. The Morgan fingerprint density at radius 3 is 2.58 bits per heavy atom. The van der Waals surface area contributed by atoms with Gasteiger partial charge in [-0.2, -0.15) is 0 Å². The van der Waals surface area contributed by atoms with Crippen molar-refractivity contribution in [2.45, 2.75) is 38.0 Å². The number of nitrogens with zero attached hydrogens (tertiary/aromatic N) is 3. The first kappa shape index (κ1) is 28.7. The topological polar surface area (TPSA) is 87.2 Å². The maximum atomic E-state index is 14.5. The van der Waals surface area contributed by atoms with Gasteiger partial charge in [-0.25, -0.2) is 4.31 Å². The van der Waals surface area contributed by atoms with E-state index in [1.165, 1.54) is 0 Å². The molecule has 0 saturated carbocycles. The van der Waals surface area contributed by atoms with Crippen LogP contribution in [0.5, 0.6) is 5.75 Å². The molecule has 0 radical (unpaired) electrons. The predicted octanol–water partition coefficient (Wildman–Crippen LogP) is 4.06. The monoisotopic (exact) mass is 566 g/mol. The van der Waals surface area contributed by atoms with Gasteiger partial charge < -0.3 is 19.4 Å². The molecule has 9 heteroatoms. The number of H-pyrrole nitrogens is 1. The van der Waals surface area contributed by atoms with E-state index in [1.54, 1.807) is 19.5 Å². The van der Waals surface area contributed by atoms with Gasteiger partial charge in [-0.05, 0) is 52.5 Å². The number of likely N-dealkylation sites (N-methyl/N-ethyl adjacent to an activating group) is 1. The molecule has 216 valence electrons. The maximum Gasteiger partial charge on any atom is 0.195 e. The third kappa shape index (κ3) is 4.93. The summed E-state index contributed by atoms with van der Waals surface area (Å²) in [6, 6.07) is 9.84. The molecule has 1 N–H and O–H groups in total. The zero-order valence-electron chi connectivity index (χ0n) is 24.5. The SMILES string of the molecule is CCN(CC)CCOc1cc2c(cc1[SH](C)(=O)N1CCOCC1)C(=O)c1c([nH]c3cc(/C=N/C)ccc13)C2(C)C. The third-order valence-corrected chi connectivity index (χ3v) is 11.2. The lowest BCUT2D eigenvalue weighted by Crippen LogP contribution is -2.44. The summed E-state index contributed by atoms with van der Waals surface area (Å²) in [5.41, 5.74) is 4.44. The molecule has 0 bridgehead atoms. The fraction of sp³-hybridized carbons (Fsp3) is 0.484. The average Bonchev–Trinajstić information content (AvgIpc) is 3.35. The highest BCUT2D eigenvalue weighted by atomic mass is 32.3. The number of aromatic amines is 1. The van der Waals surface area contributed by atoms with Gasteiger partial charge in [0.15, 0.2) is 5.78 Å². The van der Waals surface area contributed by atoms with Crippen molar-refractivity contribution in [3.05, 3.63) is 58.3 Å². The zero-order chi connectivity index (χ0) is 28.7. The van der Waals surface area contributed by atoms with E-state index >= 15 is 0 Å². The molecule has 0 atom stereocenters. The molecule has 3 aromatic rings. The second kappa shape index (κ2) is 11.2. The van der Waals surface area contributed by atoms with Gasteiger partial charge in [0, 0.05) is 66.7 Å². The smallest absolute Gasteiger partial charge is 0.195 e. The average molecular weight is 567 g/mol. The molecule has 8 nitrogen and oxygen atoms in total. The fourth-order valence-electron chi connectivity index (χ4n) is 6.04. The molecule has 1 aliphatic heterocycles. The van der Waals surface area contributed by atoms with Gasteiger partial charge in [0.1, 0.15) is 12.4 Å². The molecular weight excluding hydrogens is 524 g/mol. The van der Waals surface area contributed by atoms with Crippen LogP contribution in [0, 0.1) is 0 Å². The number of hydrogen-bond acceptors (Lipinski definition) is 6. The standard InChI is InChI=1S/C31H42N4O4S/c1-7-34(8-2)11-16-39-26-19-24-23(18-27(26)40(6,37)35-12-14-38-15-13-35)29(36)28-22-10-9-21(20-32-5)17-25(22)33-30(28)31(24,3)4/h9-10,17-20,33,40H,7-8,11-16H2,1-6H3/b32-20+. The zero-order valence-corrected chi connectivity index (χ0v) is 25.4. The lowest BCUT2D eigenvalue weighted by molar-refractivity contribution is 0.0740. The van der Waals surface area contributed by atoms with E-state index in [2.05, 4.69) is 42.6 Å². The van der Waals surface area contributed by atoms with Crippen LogP contribution in [0.1, 0.15) is 60.4 Å².